The third-order valence-electron chi connectivity index (χ3n) is 10.6. The highest BCUT2D eigenvalue weighted by molar-refractivity contribution is 6.11. The third-order valence-corrected chi connectivity index (χ3v) is 10.6. The highest BCUT2D eigenvalue weighted by Gasteiger charge is 2.37. The fourth-order valence-corrected chi connectivity index (χ4v) is 8.16. The average Bonchev–Trinajstić information content (AvgIpc) is 3.63. The molecule has 1 aliphatic carbocycles. The number of para-hydroxylation sites is 2. The van der Waals surface area contributed by atoms with E-state index in [2.05, 4.69) is 182 Å². The summed E-state index contributed by atoms with van der Waals surface area (Å²) < 4.78 is 2.34. The molecule has 2 heterocycles. The Morgan fingerprint density at radius 3 is 1.72 bits per heavy atom. The summed E-state index contributed by atoms with van der Waals surface area (Å²) in [5.41, 5.74) is 13.9. The van der Waals surface area contributed by atoms with Crippen LogP contribution in [0.1, 0.15) is 25.0 Å². The van der Waals surface area contributed by atoms with Gasteiger partial charge in [-0.25, -0.2) is 9.97 Å². The molecule has 3 nitrogen and oxygen atoms in total. The zero-order valence-corrected chi connectivity index (χ0v) is 27.9. The lowest BCUT2D eigenvalue weighted by Gasteiger charge is -2.21. The molecule has 2 aromatic heterocycles. The van der Waals surface area contributed by atoms with Crippen LogP contribution in [0.5, 0.6) is 0 Å². The Bertz CT molecular complexity index is 2730. The van der Waals surface area contributed by atoms with Crippen LogP contribution in [0.3, 0.4) is 0 Å². The Balaban J connectivity index is 1.26. The van der Waals surface area contributed by atoms with E-state index in [9.17, 15) is 0 Å². The smallest absolute Gasteiger partial charge is 0.162 e. The molecular formula is C47H33N3. The van der Waals surface area contributed by atoms with Gasteiger partial charge in [-0.1, -0.05) is 147 Å². The van der Waals surface area contributed by atoms with E-state index in [0.717, 1.165) is 44.4 Å². The van der Waals surface area contributed by atoms with Gasteiger partial charge in [0.1, 0.15) is 5.82 Å². The van der Waals surface area contributed by atoms with E-state index in [1.807, 2.05) is 0 Å². The quantitative estimate of drug-likeness (QED) is 0.192. The molecule has 10 rings (SSSR count). The van der Waals surface area contributed by atoms with E-state index < -0.39 is 0 Å². The van der Waals surface area contributed by atoms with E-state index in [0.29, 0.717) is 5.82 Å². The Kier molecular flexibility index (Phi) is 6.22. The lowest BCUT2D eigenvalue weighted by molar-refractivity contribution is 0.661. The average molecular weight is 640 g/mol. The minimum atomic E-state index is -0.137. The first-order valence-electron chi connectivity index (χ1n) is 17.3. The molecule has 1 aliphatic rings. The summed E-state index contributed by atoms with van der Waals surface area (Å²) in [4.78, 5) is 11.0. The SMILES string of the molecule is CC1(C)c2ccccc2-c2c1ccc1c(-n3c4ccccc4c4ccccc43)nc(-c3cccc(-c4cccc(-c5ccccc5)c4)c3)nc21. The summed E-state index contributed by atoms with van der Waals surface area (Å²) in [6, 6.07) is 58.7. The largest absolute Gasteiger partial charge is 0.293 e. The predicted molar refractivity (Wildman–Crippen MR) is 208 cm³/mol. The second-order valence-electron chi connectivity index (χ2n) is 13.8. The van der Waals surface area contributed by atoms with Crippen LogP contribution in [0.2, 0.25) is 0 Å². The van der Waals surface area contributed by atoms with E-state index >= 15 is 0 Å². The molecule has 0 radical (unpaired) electrons. The van der Waals surface area contributed by atoms with Crippen molar-refractivity contribution in [2.75, 3.05) is 0 Å². The molecule has 0 aliphatic heterocycles. The normalized spacial score (nSPS) is 13.2. The molecule has 0 spiro atoms. The van der Waals surface area contributed by atoms with Gasteiger partial charge in [0.25, 0.3) is 0 Å². The summed E-state index contributed by atoms with van der Waals surface area (Å²) in [6.07, 6.45) is 0. The van der Waals surface area contributed by atoms with Gasteiger partial charge in [0.05, 0.1) is 16.6 Å². The van der Waals surface area contributed by atoms with Gasteiger partial charge in [-0.15, -0.1) is 0 Å². The van der Waals surface area contributed by atoms with Crippen molar-refractivity contribution in [1.82, 2.24) is 14.5 Å². The van der Waals surface area contributed by atoms with Gasteiger partial charge in [0.15, 0.2) is 5.82 Å². The van der Waals surface area contributed by atoms with Crippen molar-refractivity contribution in [3.63, 3.8) is 0 Å². The van der Waals surface area contributed by atoms with E-state index in [4.69, 9.17) is 9.97 Å². The molecule has 0 atom stereocenters. The maximum absolute atomic E-state index is 5.49. The zero-order valence-electron chi connectivity index (χ0n) is 27.9. The number of rotatable bonds is 4. The van der Waals surface area contributed by atoms with Crippen molar-refractivity contribution in [2.24, 2.45) is 0 Å². The minimum Gasteiger partial charge on any atom is -0.293 e. The van der Waals surface area contributed by atoms with Crippen LogP contribution in [0.25, 0.3) is 83.3 Å². The van der Waals surface area contributed by atoms with Gasteiger partial charge >= 0.3 is 0 Å². The molecule has 7 aromatic carbocycles. The van der Waals surface area contributed by atoms with Crippen LogP contribution in [0.4, 0.5) is 0 Å². The van der Waals surface area contributed by atoms with Gasteiger partial charge in [0, 0.05) is 32.7 Å². The highest BCUT2D eigenvalue weighted by Crippen LogP contribution is 2.51. The second kappa shape index (κ2) is 10.8. The van der Waals surface area contributed by atoms with Crippen molar-refractivity contribution in [3.05, 3.63) is 175 Å². The van der Waals surface area contributed by atoms with Gasteiger partial charge in [-0.2, -0.15) is 0 Å². The van der Waals surface area contributed by atoms with Crippen molar-refractivity contribution >= 4 is 32.7 Å². The first-order valence-corrected chi connectivity index (χ1v) is 17.3. The summed E-state index contributed by atoms with van der Waals surface area (Å²) in [7, 11) is 0. The fraction of sp³-hybridized carbons (Fsp3) is 0.0638. The van der Waals surface area contributed by atoms with Gasteiger partial charge in [-0.3, -0.25) is 4.57 Å². The topological polar surface area (TPSA) is 30.7 Å². The Morgan fingerprint density at radius 2 is 1.00 bits per heavy atom. The number of benzene rings is 7. The predicted octanol–water partition coefficient (Wildman–Crippen LogP) is 12.0. The van der Waals surface area contributed by atoms with Gasteiger partial charge in [0.2, 0.25) is 0 Å². The van der Waals surface area contributed by atoms with Crippen molar-refractivity contribution < 1.29 is 0 Å². The number of hydrogen-bond acceptors (Lipinski definition) is 2. The maximum Gasteiger partial charge on any atom is 0.162 e. The van der Waals surface area contributed by atoms with Crippen LogP contribution < -0.4 is 0 Å². The maximum atomic E-state index is 5.49. The monoisotopic (exact) mass is 639 g/mol. The molecule has 0 saturated heterocycles. The Hall–Kier alpha value is -6.32. The summed E-state index contributed by atoms with van der Waals surface area (Å²) in [6.45, 7) is 4.65. The second-order valence-corrected chi connectivity index (χ2v) is 13.8. The van der Waals surface area contributed by atoms with E-state index in [-0.39, 0.29) is 5.41 Å². The lowest BCUT2D eigenvalue weighted by atomic mass is 9.82. The molecule has 50 heavy (non-hydrogen) atoms. The molecular weight excluding hydrogens is 607 g/mol. The first kappa shape index (κ1) is 28.7. The summed E-state index contributed by atoms with van der Waals surface area (Å²) in [5.74, 6) is 1.61. The standard InChI is InChI=1S/C47H33N3/c1-47(2)39-23-9-6-22-37(39)43-40(47)27-26-38-44(43)48-45(49-46(38)50-41-24-10-7-20-35(41)36-21-8-11-25-42(36)50)34-19-13-18-33(29-34)32-17-12-16-31(28-32)30-14-4-3-5-15-30/h3-29H,1-2H3. The first-order chi connectivity index (χ1) is 24.6. The van der Waals surface area contributed by atoms with Crippen molar-refractivity contribution in [2.45, 2.75) is 19.3 Å². The molecule has 0 unspecified atom stereocenters. The Labute approximate surface area is 291 Å². The number of nitrogens with zero attached hydrogens (tertiary/aromatic N) is 3. The molecule has 0 fully saturated rings. The minimum absolute atomic E-state index is 0.137. The lowest BCUT2D eigenvalue weighted by Crippen LogP contribution is -2.15. The van der Waals surface area contributed by atoms with Crippen LogP contribution >= 0.6 is 0 Å². The van der Waals surface area contributed by atoms with Crippen LogP contribution in [0.15, 0.2) is 164 Å². The number of aromatic nitrogens is 3. The van der Waals surface area contributed by atoms with E-state index in [1.165, 1.54) is 44.2 Å². The van der Waals surface area contributed by atoms with Gasteiger partial charge < -0.3 is 0 Å². The Morgan fingerprint density at radius 1 is 0.440 bits per heavy atom. The molecule has 0 N–H and O–H groups in total. The molecule has 0 bridgehead atoms. The van der Waals surface area contributed by atoms with E-state index in [1.54, 1.807) is 0 Å². The highest BCUT2D eigenvalue weighted by atomic mass is 15.1. The van der Waals surface area contributed by atoms with Crippen molar-refractivity contribution in [1.29, 1.82) is 0 Å². The summed E-state index contributed by atoms with van der Waals surface area (Å²) >= 11 is 0. The molecule has 0 amide bonds. The number of hydrogen-bond donors (Lipinski definition) is 0. The summed E-state index contributed by atoms with van der Waals surface area (Å²) in [5, 5.41) is 3.46. The third kappa shape index (κ3) is 4.23. The van der Waals surface area contributed by atoms with Crippen LogP contribution in [0, 0.1) is 0 Å². The number of fused-ring (bicyclic) bond motifs is 8. The molecule has 9 aromatic rings. The fourth-order valence-electron chi connectivity index (χ4n) is 8.16. The van der Waals surface area contributed by atoms with Crippen molar-refractivity contribution in [3.8, 4) is 50.6 Å². The molecule has 3 heteroatoms. The van der Waals surface area contributed by atoms with Gasteiger partial charge in [-0.05, 0) is 69.3 Å². The zero-order chi connectivity index (χ0) is 33.4. The molecule has 236 valence electrons. The van der Waals surface area contributed by atoms with Crippen LogP contribution in [-0.4, -0.2) is 14.5 Å². The molecule has 0 saturated carbocycles. The van der Waals surface area contributed by atoms with Crippen LogP contribution in [-0.2, 0) is 5.41 Å².